The van der Waals surface area contributed by atoms with Gasteiger partial charge in [0.05, 0.1) is 17.4 Å². The molecule has 1 aromatic heterocycles. The van der Waals surface area contributed by atoms with E-state index in [2.05, 4.69) is 4.98 Å². The van der Waals surface area contributed by atoms with Gasteiger partial charge in [-0.3, -0.25) is 0 Å². The summed E-state index contributed by atoms with van der Waals surface area (Å²) < 4.78 is 28.2. The molecular weight excluding hydrogens is 278 g/mol. The van der Waals surface area contributed by atoms with E-state index in [0.29, 0.717) is 17.6 Å². The molecule has 0 saturated heterocycles. The van der Waals surface area contributed by atoms with E-state index in [1.165, 1.54) is 11.0 Å². The van der Waals surface area contributed by atoms with Crippen molar-refractivity contribution in [1.82, 2.24) is 9.55 Å². The summed E-state index contributed by atoms with van der Waals surface area (Å²) in [6.45, 7) is 0.696. The summed E-state index contributed by atoms with van der Waals surface area (Å²) in [6.07, 6.45) is 1.62. The van der Waals surface area contributed by atoms with Gasteiger partial charge < -0.3 is 4.57 Å². The van der Waals surface area contributed by atoms with Crippen molar-refractivity contribution in [3.8, 4) is 0 Å². The van der Waals surface area contributed by atoms with Crippen molar-refractivity contribution in [3.05, 3.63) is 60.4 Å². The van der Waals surface area contributed by atoms with Crippen LogP contribution < -0.4 is 0 Å². The molecule has 3 rings (SSSR count). The van der Waals surface area contributed by atoms with Crippen LogP contribution in [-0.2, 0) is 6.54 Å². The average Bonchev–Trinajstić information content (AvgIpc) is 2.83. The maximum atomic E-state index is 13.3. The molecule has 20 heavy (non-hydrogen) atoms. The second kappa shape index (κ2) is 5.63. The highest BCUT2D eigenvalue weighted by atomic mass is 32.2. The molecule has 0 spiro atoms. The van der Waals surface area contributed by atoms with Gasteiger partial charge in [0.1, 0.15) is 0 Å². The van der Waals surface area contributed by atoms with Gasteiger partial charge >= 0.3 is 0 Å². The van der Waals surface area contributed by atoms with Gasteiger partial charge in [0.15, 0.2) is 11.6 Å². The van der Waals surface area contributed by atoms with E-state index in [9.17, 15) is 8.78 Å². The van der Waals surface area contributed by atoms with Gasteiger partial charge in [-0.2, -0.15) is 0 Å². The van der Waals surface area contributed by atoms with Crippen LogP contribution in [-0.4, -0.2) is 15.3 Å². The fourth-order valence-electron chi connectivity index (χ4n) is 2.01. The van der Waals surface area contributed by atoms with Gasteiger partial charge in [-0.05, 0) is 12.1 Å². The second-order valence-corrected chi connectivity index (χ2v) is 5.52. The Bertz CT molecular complexity index is 725. The third-order valence-electron chi connectivity index (χ3n) is 3.01. The van der Waals surface area contributed by atoms with E-state index in [4.69, 9.17) is 0 Å². The second-order valence-electron chi connectivity index (χ2n) is 4.35. The molecule has 0 bridgehead atoms. The van der Waals surface area contributed by atoms with E-state index < -0.39 is 11.6 Å². The van der Waals surface area contributed by atoms with Crippen molar-refractivity contribution in [2.75, 3.05) is 5.75 Å². The lowest BCUT2D eigenvalue weighted by Gasteiger charge is -2.04. The summed E-state index contributed by atoms with van der Waals surface area (Å²) >= 11 is 1.72. The maximum Gasteiger partial charge on any atom is 0.161 e. The fraction of sp³-hybridized carbons (Fsp3) is 0.133. The molecule has 0 fully saturated rings. The molecule has 0 N–H and O–H groups in total. The molecule has 1 heterocycles. The molecule has 0 aliphatic rings. The summed E-state index contributed by atoms with van der Waals surface area (Å²) in [5.74, 6) is -0.856. The summed E-state index contributed by atoms with van der Waals surface area (Å²) in [5.41, 5.74) is 1.10. The predicted molar refractivity (Wildman–Crippen MR) is 76.8 cm³/mol. The Hall–Kier alpha value is -1.88. The molecule has 0 unspecified atom stereocenters. The normalized spacial score (nSPS) is 11.1. The van der Waals surface area contributed by atoms with Crippen LogP contribution in [0.1, 0.15) is 0 Å². The van der Waals surface area contributed by atoms with Crippen LogP contribution in [0.15, 0.2) is 53.7 Å². The van der Waals surface area contributed by atoms with Crippen LogP contribution in [0.5, 0.6) is 0 Å². The lowest BCUT2D eigenvalue weighted by atomic mass is 10.3. The molecule has 0 radical (unpaired) electrons. The lowest BCUT2D eigenvalue weighted by molar-refractivity contribution is 0.510. The average molecular weight is 290 g/mol. The number of nitrogens with zero attached hydrogens (tertiary/aromatic N) is 2. The number of hydrogen-bond donors (Lipinski definition) is 0. The van der Waals surface area contributed by atoms with E-state index in [1.54, 1.807) is 18.1 Å². The molecular formula is C15H12F2N2S. The van der Waals surface area contributed by atoms with Crippen molar-refractivity contribution in [3.63, 3.8) is 0 Å². The van der Waals surface area contributed by atoms with Crippen LogP contribution in [0.25, 0.3) is 11.0 Å². The van der Waals surface area contributed by atoms with Crippen molar-refractivity contribution in [1.29, 1.82) is 0 Å². The summed E-state index contributed by atoms with van der Waals surface area (Å²) in [6, 6.07) is 12.4. The smallest absolute Gasteiger partial charge is 0.161 e. The monoisotopic (exact) mass is 290 g/mol. The minimum atomic E-state index is -0.860. The number of thioether (sulfide) groups is 1. The van der Waals surface area contributed by atoms with Gasteiger partial charge in [-0.25, -0.2) is 13.8 Å². The molecule has 102 valence electrons. The van der Waals surface area contributed by atoms with Gasteiger partial charge in [0.25, 0.3) is 0 Å². The number of imidazole rings is 1. The number of halogens is 2. The van der Waals surface area contributed by atoms with Crippen molar-refractivity contribution in [2.45, 2.75) is 11.4 Å². The number of rotatable bonds is 4. The first kappa shape index (κ1) is 13.1. The topological polar surface area (TPSA) is 17.8 Å². The first-order valence-electron chi connectivity index (χ1n) is 6.22. The zero-order valence-electron chi connectivity index (χ0n) is 10.6. The Morgan fingerprint density at radius 2 is 1.80 bits per heavy atom. The van der Waals surface area contributed by atoms with Crippen LogP contribution in [0.3, 0.4) is 0 Å². The Labute approximate surface area is 119 Å². The highest BCUT2D eigenvalue weighted by Gasteiger charge is 2.08. The number of aryl methyl sites for hydroxylation is 1. The number of hydrogen-bond acceptors (Lipinski definition) is 2. The summed E-state index contributed by atoms with van der Waals surface area (Å²) in [5, 5.41) is 0. The van der Waals surface area contributed by atoms with Gasteiger partial charge in [-0.15, -0.1) is 11.8 Å². The van der Waals surface area contributed by atoms with E-state index >= 15 is 0 Å². The van der Waals surface area contributed by atoms with Gasteiger partial charge in [-0.1, -0.05) is 18.2 Å². The minimum absolute atomic E-state index is 0.480. The maximum absolute atomic E-state index is 13.3. The Morgan fingerprint density at radius 3 is 2.60 bits per heavy atom. The first-order valence-corrected chi connectivity index (χ1v) is 7.20. The molecule has 0 amide bonds. The number of aromatic nitrogens is 2. The summed E-state index contributed by atoms with van der Waals surface area (Å²) in [4.78, 5) is 5.28. The summed E-state index contributed by atoms with van der Waals surface area (Å²) in [7, 11) is 0. The van der Waals surface area contributed by atoms with Crippen LogP contribution in [0.2, 0.25) is 0 Å². The lowest BCUT2D eigenvalue weighted by Crippen LogP contribution is -1.99. The largest absolute Gasteiger partial charge is 0.330 e. The predicted octanol–water partition coefficient (Wildman–Crippen LogP) is 4.11. The molecule has 0 atom stereocenters. The Morgan fingerprint density at radius 1 is 1.05 bits per heavy atom. The minimum Gasteiger partial charge on any atom is -0.330 e. The molecule has 0 aliphatic carbocycles. The third kappa shape index (κ3) is 2.67. The first-order chi connectivity index (χ1) is 9.74. The quantitative estimate of drug-likeness (QED) is 0.673. The van der Waals surface area contributed by atoms with Crippen molar-refractivity contribution >= 4 is 22.8 Å². The molecule has 3 aromatic rings. The molecule has 5 heteroatoms. The number of fused-ring (bicyclic) bond motifs is 1. The highest BCUT2D eigenvalue weighted by molar-refractivity contribution is 7.99. The molecule has 2 aromatic carbocycles. The van der Waals surface area contributed by atoms with E-state index in [0.717, 1.165) is 11.8 Å². The zero-order valence-corrected chi connectivity index (χ0v) is 11.4. The Kier molecular flexibility index (Phi) is 3.69. The molecule has 2 nitrogen and oxygen atoms in total. The zero-order chi connectivity index (χ0) is 13.9. The van der Waals surface area contributed by atoms with Crippen LogP contribution >= 0.6 is 11.8 Å². The SMILES string of the molecule is Fc1cc2ncn(CCSc3ccccc3)c2cc1F. The fourth-order valence-corrected chi connectivity index (χ4v) is 2.88. The standard InChI is InChI=1S/C15H12F2N2S/c16-12-8-14-15(9-13(12)17)19(10-18-14)6-7-20-11-4-2-1-3-5-11/h1-5,8-10H,6-7H2. The van der Waals surface area contributed by atoms with Crippen molar-refractivity contribution in [2.24, 2.45) is 0 Å². The van der Waals surface area contributed by atoms with Crippen LogP contribution in [0, 0.1) is 11.6 Å². The van der Waals surface area contributed by atoms with E-state index in [-0.39, 0.29) is 0 Å². The highest BCUT2D eigenvalue weighted by Crippen LogP contribution is 2.20. The third-order valence-corrected chi connectivity index (χ3v) is 4.00. The van der Waals surface area contributed by atoms with Crippen LogP contribution in [0.4, 0.5) is 8.78 Å². The molecule has 0 aliphatic heterocycles. The number of benzene rings is 2. The van der Waals surface area contributed by atoms with Gasteiger partial charge in [0, 0.05) is 29.3 Å². The van der Waals surface area contributed by atoms with E-state index in [1.807, 2.05) is 34.9 Å². The van der Waals surface area contributed by atoms with Gasteiger partial charge in [0.2, 0.25) is 0 Å². The Balaban J connectivity index is 1.73. The molecule has 0 saturated carbocycles. The van der Waals surface area contributed by atoms with Crippen molar-refractivity contribution < 1.29 is 8.78 Å².